The van der Waals surface area contributed by atoms with E-state index in [-0.39, 0.29) is 0 Å². The summed E-state index contributed by atoms with van der Waals surface area (Å²) in [6, 6.07) is 8.82. The molecule has 0 amide bonds. The first kappa shape index (κ1) is 27.7. The molecule has 6 nitrogen and oxygen atoms in total. The standard InChI is InChI=1S/C35H41N2O4S2/c1-4-23(17-32-36(5-2)24-19-26-28(21-30(24)42-32)40-34(38-26)13-9-7-10-14-34)18-33-37(6-3)25-20-27-29(22-31(25)43-33)41-35(39-27)15-11-8-12-16-35/h17-22H,4-16H2,1-3H3/q+1. The first-order valence-electron chi connectivity index (χ1n) is 16.3. The highest BCUT2D eigenvalue weighted by molar-refractivity contribution is 8.03. The van der Waals surface area contributed by atoms with Crippen LogP contribution in [0.15, 0.2) is 45.8 Å². The second-order valence-corrected chi connectivity index (χ2v) is 14.6. The molecule has 2 spiro atoms. The Bertz CT molecular complexity index is 1650. The van der Waals surface area contributed by atoms with Gasteiger partial charge in [-0.1, -0.05) is 42.9 Å². The molecule has 1 aromatic heterocycles. The number of hydrogen-bond donors (Lipinski definition) is 0. The molecule has 0 unspecified atom stereocenters. The van der Waals surface area contributed by atoms with E-state index >= 15 is 0 Å². The smallest absolute Gasteiger partial charge is 0.263 e. The van der Waals surface area contributed by atoms with E-state index in [1.807, 2.05) is 23.1 Å². The molecule has 226 valence electrons. The Morgan fingerprint density at radius 1 is 0.814 bits per heavy atom. The van der Waals surface area contributed by atoms with Crippen LogP contribution in [0.3, 0.4) is 0 Å². The molecule has 0 N–H and O–H groups in total. The molecule has 5 aliphatic rings. The van der Waals surface area contributed by atoms with Crippen molar-refractivity contribution in [1.82, 2.24) is 0 Å². The average Bonchev–Trinajstić information content (AvgIpc) is 3.73. The van der Waals surface area contributed by atoms with Gasteiger partial charge in [-0.15, -0.1) is 0 Å². The summed E-state index contributed by atoms with van der Waals surface area (Å²) in [4.78, 5) is 3.66. The van der Waals surface area contributed by atoms with Gasteiger partial charge in [-0.25, -0.2) is 0 Å². The van der Waals surface area contributed by atoms with Gasteiger partial charge in [0, 0.05) is 61.4 Å². The van der Waals surface area contributed by atoms with Crippen LogP contribution >= 0.6 is 23.1 Å². The van der Waals surface area contributed by atoms with Gasteiger partial charge in [0.15, 0.2) is 23.0 Å². The third-order valence-electron chi connectivity index (χ3n) is 9.67. The molecule has 3 aliphatic heterocycles. The van der Waals surface area contributed by atoms with Crippen molar-refractivity contribution >= 4 is 45.1 Å². The van der Waals surface area contributed by atoms with Crippen molar-refractivity contribution in [2.24, 2.45) is 0 Å². The topological polar surface area (TPSA) is 44.0 Å². The summed E-state index contributed by atoms with van der Waals surface area (Å²) in [6.07, 6.45) is 16.8. The Morgan fingerprint density at radius 3 is 2.02 bits per heavy atom. The minimum absolute atomic E-state index is 0.442. The van der Waals surface area contributed by atoms with Crippen molar-refractivity contribution in [1.29, 1.82) is 0 Å². The number of hydrogen-bond acceptors (Lipinski definition) is 7. The van der Waals surface area contributed by atoms with Gasteiger partial charge in [-0.3, -0.25) is 0 Å². The number of ether oxygens (including phenoxy) is 4. The molecule has 4 heterocycles. The van der Waals surface area contributed by atoms with Gasteiger partial charge < -0.3 is 23.8 Å². The molecular weight excluding hydrogens is 577 g/mol. The Kier molecular flexibility index (Phi) is 6.86. The third kappa shape index (κ3) is 4.71. The van der Waals surface area contributed by atoms with Crippen molar-refractivity contribution in [3.8, 4) is 23.0 Å². The van der Waals surface area contributed by atoms with Crippen LogP contribution in [0.4, 0.5) is 5.69 Å². The van der Waals surface area contributed by atoms with Gasteiger partial charge in [0.25, 0.3) is 16.6 Å². The second-order valence-electron chi connectivity index (χ2n) is 12.5. The second kappa shape index (κ2) is 10.7. The summed E-state index contributed by atoms with van der Waals surface area (Å²) < 4.78 is 29.5. The number of thiazole rings is 1. The lowest BCUT2D eigenvalue weighted by molar-refractivity contribution is -0.665. The van der Waals surface area contributed by atoms with Crippen molar-refractivity contribution in [2.75, 3.05) is 11.4 Å². The van der Waals surface area contributed by atoms with Gasteiger partial charge in [0.2, 0.25) is 5.52 Å². The van der Waals surface area contributed by atoms with E-state index in [0.717, 1.165) is 68.2 Å². The molecule has 43 heavy (non-hydrogen) atoms. The van der Waals surface area contributed by atoms with Crippen LogP contribution in [-0.4, -0.2) is 18.1 Å². The maximum Gasteiger partial charge on any atom is 0.263 e. The molecule has 0 bridgehead atoms. The fraction of sp³-hybridized carbons (Fsp3) is 0.514. The van der Waals surface area contributed by atoms with E-state index in [2.05, 4.69) is 66.7 Å². The number of aromatic nitrogens is 1. The van der Waals surface area contributed by atoms with Crippen LogP contribution < -0.4 is 28.4 Å². The fourth-order valence-corrected chi connectivity index (χ4v) is 9.83. The summed E-state index contributed by atoms with van der Waals surface area (Å²) in [5.41, 5.74) is 3.75. The summed E-state index contributed by atoms with van der Waals surface area (Å²) in [5, 5.41) is 2.51. The highest BCUT2D eigenvalue weighted by atomic mass is 32.2. The van der Waals surface area contributed by atoms with Crippen LogP contribution in [0.25, 0.3) is 16.3 Å². The molecule has 2 fully saturated rings. The lowest BCUT2D eigenvalue weighted by Crippen LogP contribution is -2.40. The molecule has 3 aromatic rings. The minimum atomic E-state index is -0.442. The Balaban J connectivity index is 1.08. The van der Waals surface area contributed by atoms with Gasteiger partial charge in [-0.2, -0.15) is 4.57 Å². The molecule has 2 aliphatic carbocycles. The molecule has 8 rings (SSSR count). The van der Waals surface area contributed by atoms with Crippen LogP contribution in [0, 0.1) is 0 Å². The number of aryl methyl sites for hydroxylation is 1. The number of fused-ring (bicyclic) bond motifs is 4. The van der Waals surface area contributed by atoms with Crippen LogP contribution in [0.5, 0.6) is 23.0 Å². The summed E-state index contributed by atoms with van der Waals surface area (Å²) >= 11 is 3.68. The maximum atomic E-state index is 6.48. The van der Waals surface area contributed by atoms with Gasteiger partial charge >= 0.3 is 0 Å². The summed E-state index contributed by atoms with van der Waals surface area (Å²) in [5.74, 6) is 2.72. The Hall–Kier alpha value is -2.84. The summed E-state index contributed by atoms with van der Waals surface area (Å²) in [6.45, 7) is 8.50. The molecule has 2 saturated carbocycles. The Labute approximate surface area is 262 Å². The first-order chi connectivity index (χ1) is 21.0. The van der Waals surface area contributed by atoms with E-state index in [4.69, 9.17) is 18.9 Å². The predicted octanol–water partition coefficient (Wildman–Crippen LogP) is 9.34. The normalized spacial score (nSPS) is 22.3. The lowest BCUT2D eigenvalue weighted by Gasteiger charge is -2.31. The van der Waals surface area contributed by atoms with E-state index in [1.54, 1.807) is 0 Å². The van der Waals surface area contributed by atoms with E-state index in [9.17, 15) is 0 Å². The number of thioether (sulfide) groups is 1. The zero-order chi connectivity index (χ0) is 29.2. The van der Waals surface area contributed by atoms with Crippen molar-refractivity contribution < 1.29 is 23.5 Å². The highest BCUT2D eigenvalue weighted by Crippen LogP contribution is 2.55. The molecule has 0 saturated heterocycles. The molecule has 8 heteroatoms. The van der Waals surface area contributed by atoms with E-state index < -0.39 is 11.6 Å². The largest absolute Gasteiger partial charge is 0.448 e. The quantitative estimate of drug-likeness (QED) is 0.266. The minimum Gasteiger partial charge on any atom is -0.448 e. The van der Waals surface area contributed by atoms with Crippen molar-refractivity contribution in [3.63, 3.8) is 0 Å². The van der Waals surface area contributed by atoms with Gasteiger partial charge in [0.05, 0.1) is 16.8 Å². The SMILES string of the molecule is CCC(=Cc1sc2cc3c(cc2[n+]1CC)OC1(CCCCC1)O3)C=C1Sc2cc3c(cc2N1CC)OC1(CCCCC1)O3. The zero-order valence-electron chi connectivity index (χ0n) is 25.5. The first-order valence-corrected chi connectivity index (χ1v) is 18.0. The maximum absolute atomic E-state index is 6.48. The van der Waals surface area contributed by atoms with Crippen LogP contribution in [0.1, 0.15) is 96.4 Å². The molecule has 2 aromatic carbocycles. The van der Waals surface area contributed by atoms with Gasteiger partial charge in [0.1, 0.15) is 11.2 Å². The third-order valence-corrected chi connectivity index (χ3v) is 11.9. The summed E-state index contributed by atoms with van der Waals surface area (Å²) in [7, 11) is 0. The number of allylic oxidation sites excluding steroid dienone is 2. The number of anilines is 1. The highest BCUT2D eigenvalue weighted by Gasteiger charge is 2.45. The molecule has 0 radical (unpaired) electrons. The zero-order valence-corrected chi connectivity index (χ0v) is 27.1. The van der Waals surface area contributed by atoms with E-state index in [0.29, 0.717) is 0 Å². The van der Waals surface area contributed by atoms with Gasteiger partial charge in [-0.05, 0) is 57.6 Å². The number of nitrogens with zero attached hydrogens (tertiary/aromatic N) is 2. The predicted molar refractivity (Wildman–Crippen MR) is 174 cm³/mol. The van der Waals surface area contributed by atoms with Crippen molar-refractivity contribution in [3.05, 3.63) is 46.0 Å². The van der Waals surface area contributed by atoms with Crippen molar-refractivity contribution in [2.45, 2.75) is 114 Å². The van der Waals surface area contributed by atoms with Crippen LogP contribution in [-0.2, 0) is 6.54 Å². The van der Waals surface area contributed by atoms with E-state index in [1.165, 1.54) is 74.9 Å². The average molecular weight is 618 g/mol. The molecular formula is C35H41N2O4S2+. The fourth-order valence-electron chi connectivity index (χ4n) is 7.40. The number of benzene rings is 2. The molecule has 0 atom stereocenters. The monoisotopic (exact) mass is 617 g/mol. The lowest BCUT2D eigenvalue weighted by atomic mass is 9.94. The van der Waals surface area contributed by atoms with Crippen LogP contribution in [0.2, 0.25) is 0 Å². The Morgan fingerprint density at radius 2 is 1.42 bits per heavy atom. The number of rotatable bonds is 5.